The summed E-state index contributed by atoms with van der Waals surface area (Å²) in [5, 5.41) is 7.49. The quantitative estimate of drug-likeness (QED) is 0.687. The fourth-order valence-electron chi connectivity index (χ4n) is 6.12. The molecule has 3 aliphatic rings. The summed E-state index contributed by atoms with van der Waals surface area (Å²) < 4.78 is 12.8. The highest BCUT2D eigenvalue weighted by Gasteiger charge is 2.45. The van der Waals surface area contributed by atoms with Crippen LogP contribution in [-0.2, 0) is 9.47 Å². The van der Waals surface area contributed by atoms with E-state index < -0.39 is 0 Å². The molecule has 0 amide bonds. The third kappa shape index (κ3) is 5.50. The van der Waals surface area contributed by atoms with Gasteiger partial charge >= 0.3 is 0 Å². The molecule has 4 nitrogen and oxygen atoms in total. The molecule has 0 aromatic carbocycles. The van der Waals surface area contributed by atoms with Gasteiger partial charge in [0.2, 0.25) is 0 Å². The van der Waals surface area contributed by atoms with Crippen LogP contribution in [0.1, 0.15) is 93.9 Å². The van der Waals surface area contributed by atoms with E-state index >= 15 is 0 Å². The molecule has 2 saturated heterocycles. The van der Waals surface area contributed by atoms with E-state index in [2.05, 4.69) is 66.0 Å². The monoisotopic (exact) mass is 394 g/mol. The van der Waals surface area contributed by atoms with Crippen molar-refractivity contribution in [3.63, 3.8) is 0 Å². The second-order valence-electron chi connectivity index (χ2n) is 12.4. The van der Waals surface area contributed by atoms with Crippen molar-refractivity contribution in [3.8, 4) is 0 Å². The van der Waals surface area contributed by atoms with Crippen LogP contribution in [0.5, 0.6) is 0 Å². The normalized spacial score (nSPS) is 38.6. The fraction of sp³-hybridized carbons (Fsp3) is 1.00. The van der Waals surface area contributed by atoms with Gasteiger partial charge in [-0.05, 0) is 99.8 Å². The molecule has 164 valence electrons. The van der Waals surface area contributed by atoms with E-state index in [0.29, 0.717) is 24.0 Å². The molecule has 0 aromatic rings. The van der Waals surface area contributed by atoms with Crippen molar-refractivity contribution in [2.75, 3.05) is 13.2 Å². The number of nitrogens with one attached hydrogen (secondary N) is 2. The van der Waals surface area contributed by atoms with Crippen molar-refractivity contribution in [1.82, 2.24) is 10.6 Å². The molecule has 2 aliphatic heterocycles. The van der Waals surface area contributed by atoms with Crippen molar-refractivity contribution in [1.29, 1.82) is 0 Å². The Morgan fingerprint density at radius 3 is 1.75 bits per heavy atom. The fourth-order valence-corrected chi connectivity index (χ4v) is 6.12. The lowest BCUT2D eigenvalue weighted by atomic mass is 9.86. The van der Waals surface area contributed by atoms with Crippen LogP contribution in [0.4, 0.5) is 0 Å². The van der Waals surface area contributed by atoms with Gasteiger partial charge in [-0.2, -0.15) is 0 Å². The van der Waals surface area contributed by atoms with Crippen LogP contribution in [-0.4, -0.2) is 47.6 Å². The van der Waals surface area contributed by atoms with Crippen molar-refractivity contribution in [2.45, 2.75) is 128 Å². The highest BCUT2D eigenvalue weighted by atomic mass is 16.5. The Morgan fingerprint density at radius 2 is 1.25 bits per heavy atom. The first-order valence-electron chi connectivity index (χ1n) is 11.6. The summed E-state index contributed by atoms with van der Waals surface area (Å²) in [6, 6.07) is 0. The Balaban J connectivity index is 1.37. The highest BCUT2D eigenvalue weighted by molar-refractivity contribution is 5.04. The molecule has 0 spiro atoms. The zero-order chi connectivity index (χ0) is 20.8. The molecule has 2 atom stereocenters. The number of ether oxygens (including phenoxy) is 2. The van der Waals surface area contributed by atoms with Crippen LogP contribution in [0.2, 0.25) is 0 Å². The van der Waals surface area contributed by atoms with Crippen molar-refractivity contribution >= 4 is 0 Å². The average Bonchev–Trinajstić information content (AvgIpc) is 2.89. The van der Waals surface area contributed by atoms with E-state index in [1.54, 1.807) is 0 Å². The number of hydrogen-bond donors (Lipinski definition) is 2. The van der Waals surface area contributed by atoms with Gasteiger partial charge in [0, 0.05) is 34.7 Å². The van der Waals surface area contributed by atoms with Gasteiger partial charge in [-0.3, -0.25) is 0 Å². The molecular formula is C24H46N2O2. The maximum Gasteiger partial charge on any atom is 0.0768 e. The molecule has 28 heavy (non-hydrogen) atoms. The zero-order valence-electron chi connectivity index (χ0n) is 19.8. The molecule has 0 bridgehead atoms. The van der Waals surface area contributed by atoms with Gasteiger partial charge in [0.1, 0.15) is 0 Å². The Morgan fingerprint density at radius 1 is 0.679 bits per heavy atom. The predicted molar refractivity (Wildman–Crippen MR) is 117 cm³/mol. The standard InChI is InChI=1S/C24H46N2O2/c1-21(2)13-18(23(5,6)25-21)16-27-19-11-9-17(10-12-19)15-28-20-14-22(3,4)26-24(20,7)8/h17-20,25-26H,9-16H2,1-8H3. The summed E-state index contributed by atoms with van der Waals surface area (Å²) in [7, 11) is 0. The minimum absolute atomic E-state index is 0.0692. The second kappa shape index (κ2) is 7.83. The SMILES string of the molecule is CC1(C)CC(COC2CCC(COC3CC(C)(C)NC3(C)C)CC2)C(C)(C)N1. The third-order valence-electron chi connectivity index (χ3n) is 7.46. The third-order valence-corrected chi connectivity index (χ3v) is 7.46. The summed E-state index contributed by atoms with van der Waals surface area (Å²) >= 11 is 0. The Kier molecular flexibility index (Phi) is 6.30. The Labute approximate surface area is 173 Å². The minimum Gasteiger partial charge on any atom is -0.378 e. The van der Waals surface area contributed by atoms with Crippen LogP contribution >= 0.6 is 0 Å². The second-order valence-corrected chi connectivity index (χ2v) is 12.4. The highest BCUT2D eigenvalue weighted by Crippen LogP contribution is 2.37. The van der Waals surface area contributed by atoms with Crippen LogP contribution in [0.15, 0.2) is 0 Å². The lowest BCUT2D eigenvalue weighted by molar-refractivity contribution is -0.0371. The molecule has 4 heteroatoms. The Hall–Kier alpha value is -0.160. The van der Waals surface area contributed by atoms with E-state index in [4.69, 9.17) is 9.47 Å². The van der Waals surface area contributed by atoms with Gasteiger partial charge in [-0.25, -0.2) is 0 Å². The summed E-state index contributed by atoms with van der Waals surface area (Å²) in [5.74, 6) is 1.30. The largest absolute Gasteiger partial charge is 0.378 e. The molecule has 1 saturated carbocycles. The van der Waals surface area contributed by atoms with Crippen LogP contribution < -0.4 is 10.6 Å². The first-order valence-corrected chi connectivity index (χ1v) is 11.6. The Bertz CT molecular complexity index is 485. The molecule has 3 rings (SSSR count). The summed E-state index contributed by atoms with van der Waals surface area (Å²) in [6.07, 6.45) is 7.92. The van der Waals surface area contributed by atoms with Crippen molar-refractivity contribution < 1.29 is 9.47 Å². The number of rotatable bonds is 6. The van der Waals surface area contributed by atoms with Crippen molar-refractivity contribution in [2.24, 2.45) is 11.8 Å². The summed E-state index contributed by atoms with van der Waals surface area (Å²) in [5.41, 5.74) is 0.644. The van der Waals surface area contributed by atoms with Crippen LogP contribution in [0.25, 0.3) is 0 Å². The van der Waals surface area contributed by atoms with E-state index in [1.165, 1.54) is 32.1 Å². The van der Waals surface area contributed by atoms with Gasteiger partial charge in [0.25, 0.3) is 0 Å². The van der Waals surface area contributed by atoms with Gasteiger partial charge in [0.05, 0.1) is 18.8 Å². The van der Waals surface area contributed by atoms with E-state index in [9.17, 15) is 0 Å². The number of hydrogen-bond acceptors (Lipinski definition) is 4. The summed E-state index contributed by atoms with van der Waals surface area (Å²) in [4.78, 5) is 0. The van der Waals surface area contributed by atoms with Gasteiger partial charge in [0.15, 0.2) is 0 Å². The van der Waals surface area contributed by atoms with Gasteiger partial charge in [-0.1, -0.05) is 0 Å². The lowest BCUT2D eigenvalue weighted by Crippen LogP contribution is -2.47. The molecule has 0 radical (unpaired) electrons. The summed E-state index contributed by atoms with van der Waals surface area (Å²) in [6.45, 7) is 20.2. The predicted octanol–water partition coefficient (Wildman–Crippen LogP) is 4.66. The minimum atomic E-state index is 0.0692. The molecule has 1 aliphatic carbocycles. The molecular weight excluding hydrogens is 348 g/mol. The topological polar surface area (TPSA) is 42.5 Å². The molecule has 0 aromatic heterocycles. The maximum atomic E-state index is 6.41. The van der Waals surface area contributed by atoms with Gasteiger partial charge < -0.3 is 20.1 Å². The van der Waals surface area contributed by atoms with E-state index in [-0.39, 0.29) is 22.2 Å². The molecule has 3 fully saturated rings. The van der Waals surface area contributed by atoms with Crippen molar-refractivity contribution in [3.05, 3.63) is 0 Å². The van der Waals surface area contributed by atoms with E-state index in [0.717, 1.165) is 19.6 Å². The first-order chi connectivity index (χ1) is 12.8. The maximum absolute atomic E-state index is 6.41. The van der Waals surface area contributed by atoms with Crippen LogP contribution in [0.3, 0.4) is 0 Å². The zero-order valence-corrected chi connectivity index (χ0v) is 19.8. The molecule has 2 unspecified atom stereocenters. The molecule has 2 heterocycles. The lowest BCUT2D eigenvalue weighted by Gasteiger charge is -2.33. The first kappa shape index (κ1) is 22.5. The van der Waals surface area contributed by atoms with Gasteiger partial charge in [-0.15, -0.1) is 0 Å². The average molecular weight is 395 g/mol. The van der Waals surface area contributed by atoms with E-state index in [1.807, 2.05) is 0 Å². The van der Waals surface area contributed by atoms with Crippen LogP contribution in [0, 0.1) is 11.8 Å². The molecule has 2 N–H and O–H groups in total. The smallest absolute Gasteiger partial charge is 0.0768 e.